The van der Waals surface area contributed by atoms with Gasteiger partial charge in [-0.2, -0.15) is 4.98 Å². The molecule has 0 amide bonds. The number of hydrogen-bond donors (Lipinski definition) is 5. The number of aromatic amines is 1. The fraction of sp³-hybridized carbons (Fsp3) is 0.312. The van der Waals surface area contributed by atoms with Crippen LogP contribution in [0.5, 0.6) is 5.75 Å². The number of aliphatic hydroxyl groups is 1. The minimum absolute atomic E-state index is 0.0360. The minimum atomic E-state index is -4.32. The number of aromatic hydroxyl groups is 1. The number of anilines is 1. The summed E-state index contributed by atoms with van der Waals surface area (Å²) in [6.07, 6.45) is -4.53. The molecule has 1 unspecified atom stereocenters. The zero-order valence-electron chi connectivity index (χ0n) is 15.5. The van der Waals surface area contributed by atoms with Crippen LogP contribution < -0.4 is 11.3 Å². The number of phosphoric ester groups is 1. The molecule has 2 aliphatic heterocycles. The molecular formula is C16H16N5O8PS. The summed E-state index contributed by atoms with van der Waals surface area (Å²) in [6, 6.07) is 6.25. The van der Waals surface area contributed by atoms with Gasteiger partial charge >= 0.3 is 7.82 Å². The van der Waals surface area contributed by atoms with E-state index >= 15 is 0 Å². The maximum atomic E-state index is 12.4. The predicted molar refractivity (Wildman–Crippen MR) is 105 cm³/mol. The van der Waals surface area contributed by atoms with Crippen LogP contribution in [0.2, 0.25) is 0 Å². The summed E-state index contributed by atoms with van der Waals surface area (Å²) in [5, 5.41) is 20.6. The van der Waals surface area contributed by atoms with E-state index in [0.29, 0.717) is 4.90 Å². The normalized spacial score (nSPS) is 30.5. The van der Waals surface area contributed by atoms with E-state index in [9.17, 15) is 24.5 Å². The first kappa shape index (κ1) is 20.5. The molecule has 2 fully saturated rings. The van der Waals surface area contributed by atoms with Crippen molar-refractivity contribution in [1.82, 2.24) is 19.5 Å². The first-order valence-electron chi connectivity index (χ1n) is 8.96. The van der Waals surface area contributed by atoms with Crippen molar-refractivity contribution in [3.8, 4) is 5.75 Å². The first-order valence-corrected chi connectivity index (χ1v) is 11.3. The molecule has 0 spiro atoms. The number of fused-ring (bicyclic) bond motifs is 2. The molecule has 2 saturated heterocycles. The van der Waals surface area contributed by atoms with Gasteiger partial charge in [-0.3, -0.25) is 23.4 Å². The molecule has 0 aliphatic carbocycles. The van der Waals surface area contributed by atoms with E-state index in [1.54, 1.807) is 12.1 Å². The Kier molecular flexibility index (Phi) is 4.82. The van der Waals surface area contributed by atoms with Crippen LogP contribution in [0.15, 0.2) is 39.1 Å². The van der Waals surface area contributed by atoms with Crippen LogP contribution in [0, 0.1) is 0 Å². The fourth-order valence-electron chi connectivity index (χ4n) is 3.45. The lowest BCUT2D eigenvalue weighted by atomic mass is 10.1. The van der Waals surface area contributed by atoms with Gasteiger partial charge in [0.15, 0.2) is 22.5 Å². The number of phosphoric acid groups is 1. The fourth-order valence-corrected chi connectivity index (χ4v) is 5.32. The average molecular weight is 469 g/mol. The number of H-pyrrole nitrogens is 1. The Balaban J connectivity index is 1.62. The number of phenolic OH excluding ortho intramolecular Hbond substituents is 1. The number of nitrogen functional groups attached to an aromatic ring is 1. The number of ether oxygens (including phenoxy) is 1. The SMILES string of the molecule is Nc1nc2c(nc(Sc3ccc(O)cc3)n2[C@@H]2O[C@@H]3COP(=O)(O)O[C@H]3[C@H]2O)c(=O)[nH]1. The van der Waals surface area contributed by atoms with Gasteiger partial charge in [-0.05, 0) is 24.3 Å². The molecule has 6 N–H and O–H groups in total. The Labute approximate surface area is 177 Å². The lowest BCUT2D eigenvalue weighted by Gasteiger charge is -2.27. The highest BCUT2D eigenvalue weighted by molar-refractivity contribution is 7.99. The van der Waals surface area contributed by atoms with Crippen LogP contribution >= 0.6 is 19.6 Å². The van der Waals surface area contributed by atoms with Crippen molar-refractivity contribution in [2.24, 2.45) is 0 Å². The van der Waals surface area contributed by atoms with Crippen molar-refractivity contribution in [2.75, 3.05) is 12.3 Å². The largest absolute Gasteiger partial charge is 0.508 e. The van der Waals surface area contributed by atoms with E-state index in [1.165, 1.54) is 16.7 Å². The average Bonchev–Trinajstić information content (AvgIpc) is 3.20. The third kappa shape index (κ3) is 3.61. The number of imidazole rings is 1. The molecule has 1 aromatic carbocycles. The molecule has 13 nitrogen and oxygen atoms in total. The van der Waals surface area contributed by atoms with Crippen molar-refractivity contribution in [2.45, 2.75) is 34.6 Å². The highest BCUT2D eigenvalue weighted by atomic mass is 32.2. The molecule has 164 valence electrons. The van der Waals surface area contributed by atoms with Gasteiger partial charge in [-0.15, -0.1) is 0 Å². The van der Waals surface area contributed by atoms with Crippen molar-refractivity contribution in [3.05, 3.63) is 34.6 Å². The molecule has 4 heterocycles. The molecule has 2 aromatic heterocycles. The van der Waals surface area contributed by atoms with E-state index in [0.717, 1.165) is 11.8 Å². The van der Waals surface area contributed by atoms with E-state index in [-0.39, 0.29) is 34.6 Å². The number of hydrogen-bond acceptors (Lipinski definition) is 11. The molecule has 15 heteroatoms. The second-order valence-corrected chi connectivity index (χ2v) is 9.32. The quantitative estimate of drug-likeness (QED) is 0.330. The van der Waals surface area contributed by atoms with Gasteiger partial charge in [0.2, 0.25) is 5.95 Å². The van der Waals surface area contributed by atoms with Gasteiger partial charge in [0, 0.05) is 4.90 Å². The number of nitrogens with two attached hydrogens (primary N) is 1. The molecule has 5 atom stereocenters. The van der Waals surface area contributed by atoms with Gasteiger partial charge in [0.1, 0.15) is 24.1 Å². The Morgan fingerprint density at radius 2 is 2.03 bits per heavy atom. The Bertz CT molecular complexity index is 1260. The third-order valence-corrected chi connectivity index (χ3v) is 6.77. The summed E-state index contributed by atoms with van der Waals surface area (Å²) in [5.74, 6) is -0.0860. The number of benzene rings is 1. The van der Waals surface area contributed by atoms with E-state index in [4.69, 9.17) is 19.5 Å². The molecule has 0 saturated carbocycles. The van der Waals surface area contributed by atoms with E-state index < -0.39 is 37.9 Å². The predicted octanol–water partition coefficient (Wildman–Crippen LogP) is 0.333. The Morgan fingerprint density at radius 3 is 2.77 bits per heavy atom. The van der Waals surface area contributed by atoms with Crippen LogP contribution in [-0.4, -0.2) is 59.5 Å². The Morgan fingerprint density at radius 1 is 1.29 bits per heavy atom. The summed E-state index contributed by atoms with van der Waals surface area (Å²) in [6.45, 7) is -0.269. The molecular weight excluding hydrogens is 453 g/mol. The smallest absolute Gasteiger partial charge is 0.472 e. The van der Waals surface area contributed by atoms with Crippen LogP contribution in [0.1, 0.15) is 6.23 Å². The summed E-state index contributed by atoms with van der Waals surface area (Å²) in [7, 11) is -4.32. The molecule has 5 rings (SSSR count). The van der Waals surface area contributed by atoms with Crippen LogP contribution in [0.4, 0.5) is 5.95 Å². The standard InChI is InChI=1S/C16H16N5O8PS/c17-15-19-12-9(13(24)20-15)18-16(31-7-3-1-6(22)2-4-7)21(12)14-10(23)11-8(28-14)5-27-30(25,26)29-11/h1-4,8,10-11,14,22-23H,5H2,(H,25,26)(H3,17,19,20,24)/t8-,10-,11-,14-/m1/s1. The second-order valence-electron chi connectivity index (χ2n) is 6.87. The zero-order valence-corrected chi connectivity index (χ0v) is 17.2. The van der Waals surface area contributed by atoms with E-state index in [1.807, 2.05) is 0 Å². The monoisotopic (exact) mass is 469 g/mol. The number of aromatic nitrogens is 4. The van der Waals surface area contributed by atoms with Crippen LogP contribution in [-0.2, 0) is 18.3 Å². The van der Waals surface area contributed by atoms with Crippen molar-refractivity contribution < 1.29 is 33.5 Å². The zero-order chi connectivity index (χ0) is 21.9. The topological polar surface area (TPSA) is 195 Å². The van der Waals surface area contributed by atoms with Crippen LogP contribution in [0.25, 0.3) is 11.2 Å². The van der Waals surface area contributed by atoms with Gasteiger partial charge in [-0.25, -0.2) is 9.55 Å². The lowest BCUT2D eigenvalue weighted by Crippen LogP contribution is -2.39. The summed E-state index contributed by atoms with van der Waals surface area (Å²) in [5.41, 5.74) is 5.13. The highest BCUT2D eigenvalue weighted by Gasteiger charge is 2.53. The van der Waals surface area contributed by atoms with Crippen molar-refractivity contribution in [3.63, 3.8) is 0 Å². The number of rotatable bonds is 3. The maximum absolute atomic E-state index is 12.4. The van der Waals surface area contributed by atoms with Gasteiger partial charge < -0.3 is 25.6 Å². The minimum Gasteiger partial charge on any atom is -0.508 e. The number of phenols is 1. The molecule has 0 radical (unpaired) electrons. The number of nitrogens with one attached hydrogen (secondary N) is 1. The van der Waals surface area contributed by atoms with Gasteiger partial charge in [-0.1, -0.05) is 11.8 Å². The van der Waals surface area contributed by atoms with E-state index in [2.05, 4.69) is 15.0 Å². The molecule has 0 bridgehead atoms. The summed E-state index contributed by atoms with van der Waals surface area (Å²) in [4.78, 5) is 33.5. The molecule has 3 aromatic rings. The summed E-state index contributed by atoms with van der Waals surface area (Å²) >= 11 is 1.12. The highest BCUT2D eigenvalue weighted by Crippen LogP contribution is 2.53. The van der Waals surface area contributed by atoms with Crippen molar-refractivity contribution >= 4 is 36.7 Å². The van der Waals surface area contributed by atoms with Crippen LogP contribution in [0.3, 0.4) is 0 Å². The Hall–Kier alpha value is -2.45. The third-order valence-electron chi connectivity index (χ3n) is 4.80. The van der Waals surface area contributed by atoms with Gasteiger partial charge in [0.25, 0.3) is 5.56 Å². The molecule has 2 aliphatic rings. The van der Waals surface area contributed by atoms with Crippen molar-refractivity contribution in [1.29, 1.82) is 0 Å². The lowest BCUT2D eigenvalue weighted by molar-refractivity contribution is -0.0684. The summed E-state index contributed by atoms with van der Waals surface area (Å²) < 4.78 is 28.8. The molecule has 31 heavy (non-hydrogen) atoms. The second kappa shape index (κ2) is 7.31. The number of aliphatic hydroxyl groups excluding tert-OH is 1. The number of nitrogens with zero attached hydrogens (tertiary/aromatic N) is 3. The van der Waals surface area contributed by atoms with Gasteiger partial charge in [0.05, 0.1) is 6.61 Å². The maximum Gasteiger partial charge on any atom is 0.472 e. The first-order chi connectivity index (χ1) is 14.7.